The minimum Gasteiger partial charge on any atom is -0.497 e. The van der Waals surface area contributed by atoms with Gasteiger partial charge in [0.2, 0.25) is 0 Å². The van der Waals surface area contributed by atoms with Gasteiger partial charge in [0.15, 0.2) is 5.96 Å². The van der Waals surface area contributed by atoms with E-state index in [0.29, 0.717) is 6.54 Å². The topological polar surface area (TPSA) is 71.3 Å². The molecule has 158 valence electrons. The van der Waals surface area contributed by atoms with Crippen LogP contribution in [0.5, 0.6) is 5.75 Å². The van der Waals surface area contributed by atoms with Crippen LogP contribution in [-0.2, 0) is 17.7 Å². The van der Waals surface area contributed by atoms with Crippen LogP contribution in [0, 0.1) is 0 Å². The molecule has 1 aromatic heterocycles. The van der Waals surface area contributed by atoms with Crippen molar-refractivity contribution in [2.75, 3.05) is 53.0 Å². The van der Waals surface area contributed by atoms with Crippen molar-refractivity contribution in [1.29, 1.82) is 0 Å². The lowest BCUT2D eigenvalue weighted by molar-refractivity contribution is 0.0376. The zero-order valence-electron chi connectivity index (χ0n) is 17.2. The molecule has 3 rings (SSSR count). The van der Waals surface area contributed by atoms with Crippen molar-refractivity contribution in [2.45, 2.75) is 19.4 Å². The van der Waals surface area contributed by atoms with E-state index in [-0.39, 0.29) is 0 Å². The molecule has 0 aliphatic carbocycles. The molecule has 7 heteroatoms. The third kappa shape index (κ3) is 7.79. The summed E-state index contributed by atoms with van der Waals surface area (Å²) >= 11 is 0. The van der Waals surface area contributed by atoms with Crippen LogP contribution < -0.4 is 15.4 Å². The molecular weight excluding hydrogens is 368 g/mol. The Kier molecular flexibility index (Phi) is 8.88. The molecule has 1 saturated heterocycles. The molecule has 29 heavy (non-hydrogen) atoms. The van der Waals surface area contributed by atoms with E-state index in [9.17, 15) is 0 Å². The maximum absolute atomic E-state index is 5.41. The molecule has 0 atom stereocenters. The Balaban J connectivity index is 1.48. The van der Waals surface area contributed by atoms with Gasteiger partial charge >= 0.3 is 0 Å². The molecular formula is C22H32N4O3. The van der Waals surface area contributed by atoms with Crippen LogP contribution in [0.1, 0.15) is 17.7 Å². The fourth-order valence-corrected chi connectivity index (χ4v) is 3.21. The fraction of sp³-hybridized carbons (Fsp3) is 0.500. The molecule has 1 aromatic carbocycles. The first-order chi connectivity index (χ1) is 14.3. The zero-order valence-corrected chi connectivity index (χ0v) is 17.2. The lowest BCUT2D eigenvalue weighted by Crippen LogP contribution is -2.41. The first kappa shape index (κ1) is 21.2. The Morgan fingerprint density at radius 2 is 2.00 bits per heavy atom. The maximum atomic E-state index is 5.41. The van der Waals surface area contributed by atoms with E-state index in [1.165, 1.54) is 0 Å². The van der Waals surface area contributed by atoms with Crippen molar-refractivity contribution < 1.29 is 13.9 Å². The summed E-state index contributed by atoms with van der Waals surface area (Å²) in [6.45, 7) is 7.05. The number of hydrogen-bond donors (Lipinski definition) is 2. The molecule has 7 nitrogen and oxygen atoms in total. The smallest absolute Gasteiger partial charge is 0.191 e. The van der Waals surface area contributed by atoms with E-state index in [1.807, 2.05) is 30.3 Å². The van der Waals surface area contributed by atoms with Gasteiger partial charge in [0.25, 0.3) is 0 Å². The summed E-state index contributed by atoms with van der Waals surface area (Å²) in [7, 11) is 1.68. The molecule has 2 N–H and O–H groups in total. The number of aliphatic imine (C=N–C) groups is 1. The first-order valence-electron chi connectivity index (χ1n) is 10.3. The van der Waals surface area contributed by atoms with Gasteiger partial charge in [-0.05, 0) is 42.8 Å². The number of methoxy groups -OCH3 is 1. The molecule has 0 unspecified atom stereocenters. The van der Waals surface area contributed by atoms with Crippen LogP contribution in [0.4, 0.5) is 0 Å². The van der Waals surface area contributed by atoms with Crippen molar-refractivity contribution in [1.82, 2.24) is 15.5 Å². The van der Waals surface area contributed by atoms with Crippen LogP contribution in [0.3, 0.4) is 0 Å². The normalized spacial score (nSPS) is 15.3. The quantitative estimate of drug-likeness (QED) is 0.362. The van der Waals surface area contributed by atoms with E-state index in [1.54, 1.807) is 13.4 Å². The summed E-state index contributed by atoms with van der Waals surface area (Å²) in [5, 5.41) is 6.87. The molecule has 0 spiro atoms. The van der Waals surface area contributed by atoms with Gasteiger partial charge in [-0.15, -0.1) is 0 Å². The van der Waals surface area contributed by atoms with Gasteiger partial charge in [-0.25, -0.2) is 4.99 Å². The summed E-state index contributed by atoms with van der Waals surface area (Å²) < 4.78 is 16.1. The summed E-state index contributed by atoms with van der Waals surface area (Å²) in [6.07, 6.45) is 3.59. The predicted molar refractivity (Wildman–Crippen MR) is 114 cm³/mol. The van der Waals surface area contributed by atoms with Crippen molar-refractivity contribution in [2.24, 2.45) is 4.99 Å². The van der Waals surface area contributed by atoms with Crippen molar-refractivity contribution in [3.05, 3.63) is 54.0 Å². The molecule has 0 bridgehead atoms. The maximum Gasteiger partial charge on any atom is 0.191 e. The highest BCUT2D eigenvalue weighted by atomic mass is 16.5. The van der Waals surface area contributed by atoms with Crippen LogP contribution in [0.15, 0.2) is 52.1 Å². The molecule has 0 saturated carbocycles. The van der Waals surface area contributed by atoms with Crippen LogP contribution in [0.2, 0.25) is 0 Å². The second-order valence-corrected chi connectivity index (χ2v) is 7.01. The second-order valence-electron chi connectivity index (χ2n) is 7.01. The third-order valence-electron chi connectivity index (χ3n) is 4.85. The number of nitrogens with zero attached hydrogens (tertiary/aromatic N) is 2. The molecule has 1 aliphatic heterocycles. The molecule has 0 radical (unpaired) electrons. The highest BCUT2D eigenvalue weighted by molar-refractivity contribution is 5.79. The van der Waals surface area contributed by atoms with Crippen LogP contribution >= 0.6 is 0 Å². The number of furan rings is 1. The van der Waals surface area contributed by atoms with Crippen molar-refractivity contribution >= 4 is 5.96 Å². The summed E-state index contributed by atoms with van der Waals surface area (Å²) in [4.78, 5) is 7.19. The number of ether oxygens (including phenoxy) is 2. The Hall–Kier alpha value is -2.51. The van der Waals surface area contributed by atoms with E-state index >= 15 is 0 Å². The Morgan fingerprint density at radius 1 is 1.14 bits per heavy atom. The number of nitrogens with one attached hydrogen (secondary N) is 2. The van der Waals surface area contributed by atoms with E-state index in [2.05, 4.69) is 21.6 Å². The molecule has 2 heterocycles. The fourth-order valence-electron chi connectivity index (χ4n) is 3.21. The number of benzene rings is 1. The van der Waals surface area contributed by atoms with E-state index in [0.717, 1.165) is 81.8 Å². The standard InChI is InChI=1S/C22H32N4O3/c1-27-21-6-2-5-19(17-21)18-25-22(24-10-8-20-7-3-14-29-20)23-9-4-11-26-12-15-28-16-13-26/h2-3,5-7,14,17H,4,8-13,15-16,18H2,1H3,(H2,23,24,25). The highest BCUT2D eigenvalue weighted by Crippen LogP contribution is 2.13. The minimum atomic E-state index is 0.594. The summed E-state index contributed by atoms with van der Waals surface area (Å²) in [5.41, 5.74) is 1.12. The van der Waals surface area contributed by atoms with E-state index < -0.39 is 0 Å². The molecule has 1 aliphatic rings. The zero-order chi connectivity index (χ0) is 20.2. The lowest BCUT2D eigenvalue weighted by atomic mass is 10.2. The highest BCUT2D eigenvalue weighted by Gasteiger charge is 2.09. The lowest BCUT2D eigenvalue weighted by Gasteiger charge is -2.26. The summed E-state index contributed by atoms with van der Waals surface area (Å²) in [6, 6.07) is 11.9. The van der Waals surface area contributed by atoms with Gasteiger partial charge < -0.3 is 24.5 Å². The number of rotatable bonds is 10. The number of hydrogen-bond acceptors (Lipinski definition) is 5. The molecule has 2 aromatic rings. The van der Waals surface area contributed by atoms with Gasteiger partial charge in [-0.2, -0.15) is 0 Å². The predicted octanol–water partition coefficient (Wildman–Crippen LogP) is 2.29. The average Bonchev–Trinajstić information content (AvgIpc) is 3.29. The van der Waals surface area contributed by atoms with Gasteiger partial charge in [0.05, 0.1) is 33.1 Å². The van der Waals surface area contributed by atoms with E-state index in [4.69, 9.17) is 18.9 Å². The average molecular weight is 401 g/mol. The SMILES string of the molecule is COc1cccc(CN=C(NCCCN2CCOCC2)NCCc2ccco2)c1. The van der Waals surface area contributed by atoms with Crippen molar-refractivity contribution in [3.63, 3.8) is 0 Å². The minimum absolute atomic E-state index is 0.594. The third-order valence-corrected chi connectivity index (χ3v) is 4.85. The van der Waals surface area contributed by atoms with Gasteiger partial charge in [0.1, 0.15) is 11.5 Å². The van der Waals surface area contributed by atoms with Gasteiger partial charge in [0, 0.05) is 32.6 Å². The van der Waals surface area contributed by atoms with Gasteiger partial charge in [-0.3, -0.25) is 4.90 Å². The first-order valence-corrected chi connectivity index (χ1v) is 10.3. The summed E-state index contributed by atoms with van der Waals surface area (Å²) in [5.74, 6) is 2.64. The molecule has 1 fully saturated rings. The van der Waals surface area contributed by atoms with Crippen LogP contribution in [-0.4, -0.2) is 63.9 Å². The number of morpholine rings is 1. The van der Waals surface area contributed by atoms with Crippen LogP contribution in [0.25, 0.3) is 0 Å². The Bertz CT molecular complexity index is 727. The van der Waals surface area contributed by atoms with Gasteiger partial charge in [-0.1, -0.05) is 12.1 Å². The number of guanidine groups is 1. The second kappa shape index (κ2) is 12.1. The van der Waals surface area contributed by atoms with Crippen molar-refractivity contribution in [3.8, 4) is 5.75 Å². The Morgan fingerprint density at radius 3 is 2.79 bits per heavy atom. The molecule has 0 amide bonds. The largest absolute Gasteiger partial charge is 0.497 e. The monoisotopic (exact) mass is 400 g/mol. The Labute approximate surface area is 173 Å².